The summed E-state index contributed by atoms with van der Waals surface area (Å²) in [5.41, 5.74) is 7.57. The average molecular weight is 386 g/mol. The van der Waals surface area contributed by atoms with Crippen LogP contribution in [0.4, 0.5) is 30.2 Å². The second-order valence-electron chi connectivity index (χ2n) is 5.78. The van der Waals surface area contributed by atoms with Crippen LogP contribution in [-0.4, -0.2) is 10.8 Å². The number of anilines is 3. The second kappa shape index (κ2) is 7.97. The Labute approximate surface area is 159 Å². The number of hydrogen-bond donors (Lipinski definition) is 3. The first-order chi connectivity index (χ1) is 13.3. The predicted molar refractivity (Wildman–Crippen MR) is 103 cm³/mol. The lowest BCUT2D eigenvalue weighted by Crippen LogP contribution is -2.29. The van der Waals surface area contributed by atoms with Crippen molar-refractivity contribution in [2.45, 2.75) is 6.18 Å². The van der Waals surface area contributed by atoms with Crippen LogP contribution in [0, 0.1) is 0 Å². The number of aromatic nitrogens is 1. The van der Waals surface area contributed by atoms with Crippen LogP contribution >= 0.6 is 0 Å². The monoisotopic (exact) mass is 386 g/mol. The lowest BCUT2D eigenvalue weighted by molar-refractivity contribution is -0.137. The summed E-state index contributed by atoms with van der Waals surface area (Å²) in [6, 6.07) is 15.1. The fourth-order valence-corrected chi connectivity index (χ4v) is 2.44. The Bertz CT molecular complexity index is 955. The van der Waals surface area contributed by atoms with Crippen LogP contribution in [0.2, 0.25) is 0 Å². The first-order valence-electron chi connectivity index (χ1n) is 8.17. The Kier molecular flexibility index (Phi) is 5.46. The van der Waals surface area contributed by atoms with Gasteiger partial charge in [0.2, 0.25) is 0 Å². The summed E-state index contributed by atoms with van der Waals surface area (Å²) in [5.74, 6) is 6.04. The normalized spacial score (nSPS) is 11.9. The highest BCUT2D eigenvalue weighted by Crippen LogP contribution is 2.30. The minimum Gasteiger partial charge on any atom is -0.382 e. The molecule has 0 atom stereocenters. The van der Waals surface area contributed by atoms with Crippen LogP contribution in [0.25, 0.3) is 0 Å². The highest BCUT2D eigenvalue weighted by molar-refractivity contribution is 6.03. The lowest BCUT2D eigenvalue weighted by atomic mass is 10.1. The number of pyridine rings is 1. The summed E-state index contributed by atoms with van der Waals surface area (Å²) >= 11 is 0. The summed E-state index contributed by atoms with van der Waals surface area (Å²) in [5, 5.41) is 8.32. The van der Waals surface area contributed by atoms with E-state index in [2.05, 4.69) is 15.4 Å². The Balaban J connectivity index is 1.84. The van der Waals surface area contributed by atoms with E-state index in [1.807, 2.05) is 0 Å². The molecule has 0 aliphatic heterocycles. The zero-order valence-corrected chi connectivity index (χ0v) is 14.6. The molecule has 28 heavy (non-hydrogen) atoms. The first kappa shape index (κ1) is 19.2. The van der Waals surface area contributed by atoms with Crippen molar-refractivity contribution in [3.05, 3.63) is 84.2 Å². The molecule has 0 saturated carbocycles. The molecule has 144 valence electrons. The highest BCUT2D eigenvalue weighted by Gasteiger charge is 2.29. The second-order valence-corrected chi connectivity index (χ2v) is 5.78. The zero-order chi connectivity index (χ0) is 20.1. The molecule has 0 bridgehead atoms. The van der Waals surface area contributed by atoms with Crippen molar-refractivity contribution in [2.75, 3.05) is 10.4 Å². The Morgan fingerprint density at radius 2 is 1.61 bits per heavy atom. The summed E-state index contributed by atoms with van der Waals surface area (Å²) in [4.78, 5) is 3.90. The van der Waals surface area contributed by atoms with Crippen molar-refractivity contribution in [3.8, 4) is 0 Å². The van der Waals surface area contributed by atoms with Gasteiger partial charge < -0.3 is 11.1 Å². The van der Waals surface area contributed by atoms with Crippen LogP contribution in [0.3, 0.4) is 0 Å². The number of rotatable bonds is 5. The van der Waals surface area contributed by atoms with Gasteiger partial charge in [0.15, 0.2) is 5.84 Å². The molecule has 0 fully saturated rings. The van der Waals surface area contributed by atoms with Gasteiger partial charge in [-0.15, -0.1) is 5.10 Å². The van der Waals surface area contributed by atoms with Gasteiger partial charge in [-0.3, -0.25) is 4.98 Å². The molecule has 0 aliphatic carbocycles. The van der Waals surface area contributed by atoms with Gasteiger partial charge in [0.25, 0.3) is 0 Å². The number of hydrazone groups is 1. The molecule has 0 spiro atoms. The van der Waals surface area contributed by atoms with Gasteiger partial charge in [-0.05, 0) is 48.5 Å². The molecule has 3 rings (SSSR count). The molecule has 9 heteroatoms. The standard InChI is InChI=1S/C19H17F3N6/c20-19(21,22)13-5-7-14(8-6-13)26-17-4-2-1-3-16(17)18(23)27-28(24)15-9-11-25-12-10-15/h1-12,26H,24H2,(H2,23,27). The molecule has 6 nitrogen and oxygen atoms in total. The number of halogens is 3. The van der Waals surface area contributed by atoms with Gasteiger partial charge in [-0.1, -0.05) is 12.1 Å². The number of para-hydroxylation sites is 1. The fraction of sp³-hybridized carbons (Fsp3) is 0.0526. The lowest BCUT2D eigenvalue weighted by Gasteiger charge is -2.16. The van der Waals surface area contributed by atoms with E-state index in [1.165, 1.54) is 12.1 Å². The zero-order valence-electron chi connectivity index (χ0n) is 14.6. The molecular weight excluding hydrogens is 369 g/mol. The van der Waals surface area contributed by atoms with Crippen molar-refractivity contribution in [1.82, 2.24) is 4.98 Å². The summed E-state index contributed by atoms with van der Waals surface area (Å²) < 4.78 is 38.1. The largest absolute Gasteiger partial charge is 0.416 e. The topological polar surface area (TPSA) is 92.6 Å². The molecule has 1 heterocycles. The van der Waals surface area contributed by atoms with Gasteiger partial charge >= 0.3 is 6.18 Å². The van der Waals surface area contributed by atoms with Gasteiger partial charge in [0, 0.05) is 29.3 Å². The van der Waals surface area contributed by atoms with E-state index in [1.54, 1.807) is 48.8 Å². The van der Waals surface area contributed by atoms with E-state index in [-0.39, 0.29) is 5.84 Å². The van der Waals surface area contributed by atoms with Crippen LogP contribution in [0.5, 0.6) is 0 Å². The third-order valence-electron chi connectivity index (χ3n) is 3.84. The van der Waals surface area contributed by atoms with E-state index in [0.29, 0.717) is 22.6 Å². The first-order valence-corrected chi connectivity index (χ1v) is 8.17. The van der Waals surface area contributed by atoms with Gasteiger partial charge in [0.1, 0.15) is 0 Å². The quantitative estimate of drug-likeness (QED) is 0.268. The van der Waals surface area contributed by atoms with E-state index < -0.39 is 11.7 Å². The maximum absolute atomic E-state index is 12.7. The number of nitrogens with two attached hydrogens (primary N) is 2. The van der Waals surface area contributed by atoms with Crippen LogP contribution in [0.15, 0.2) is 78.2 Å². The van der Waals surface area contributed by atoms with Crippen LogP contribution in [0.1, 0.15) is 11.1 Å². The minimum atomic E-state index is -4.38. The fourth-order valence-electron chi connectivity index (χ4n) is 2.44. The Morgan fingerprint density at radius 1 is 0.964 bits per heavy atom. The minimum absolute atomic E-state index is 0.134. The molecule has 1 aromatic heterocycles. The average Bonchev–Trinajstić information content (AvgIpc) is 2.68. The van der Waals surface area contributed by atoms with Crippen molar-refractivity contribution in [3.63, 3.8) is 0 Å². The molecule has 0 saturated heterocycles. The molecule has 5 N–H and O–H groups in total. The summed E-state index contributed by atoms with van der Waals surface area (Å²) in [6.07, 6.45) is -1.24. The highest BCUT2D eigenvalue weighted by atomic mass is 19.4. The van der Waals surface area contributed by atoms with Crippen LogP contribution in [-0.2, 0) is 6.18 Å². The van der Waals surface area contributed by atoms with E-state index >= 15 is 0 Å². The van der Waals surface area contributed by atoms with Gasteiger partial charge in [-0.25, -0.2) is 5.84 Å². The molecular formula is C19H17F3N6. The molecule has 0 aliphatic rings. The van der Waals surface area contributed by atoms with Crippen molar-refractivity contribution >= 4 is 22.9 Å². The SMILES string of the molecule is N/C(=N\N(N)c1ccncc1)c1ccccc1Nc1ccc(C(F)(F)F)cc1. The van der Waals surface area contributed by atoms with E-state index in [4.69, 9.17) is 11.6 Å². The Morgan fingerprint density at radius 3 is 2.25 bits per heavy atom. The number of alkyl halides is 3. The van der Waals surface area contributed by atoms with Gasteiger partial charge in [0.05, 0.1) is 11.3 Å². The maximum atomic E-state index is 12.7. The number of hydrazine groups is 1. The number of benzene rings is 2. The molecule has 2 aromatic carbocycles. The molecule has 0 unspecified atom stereocenters. The van der Waals surface area contributed by atoms with Crippen molar-refractivity contribution < 1.29 is 13.2 Å². The van der Waals surface area contributed by atoms with E-state index in [9.17, 15) is 13.2 Å². The summed E-state index contributed by atoms with van der Waals surface area (Å²) in [6.45, 7) is 0. The molecule has 0 amide bonds. The molecule has 3 aromatic rings. The van der Waals surface area contributed by atoms with E-state index in [0.717, 1.165) is 17.3 Å². The predicted octanol–water partition coefficient (Wildman–Crippen LogP) is 3.84. The third-order valence-corrected chi connectivity index (χ3v) is 3.84. The van der Waals surface area contributed by atoms with Gasteiger partial charge in [-0.2, -0.15) is 18.3 Å². The number of nitrogens with zero attached hydrogens (tertiary/aromatic N) is 3. The van der Waals surface area contributed by atoms with Crippen molar-refractivity contribution in [2.24, 2.45) is 16.7 Å². The Hall–Kier alpha value is -3.59. The third kappa shape index (κ3) is 4.57. The number of hydrogen-bond acceptors (Lipinski definition) is 5. The molecule has 0 radical (unpaired) electrons. The van der Waals surface area contributed by atoms with Crippen molar-refractivity contribution in [1.29, 1.82) is 0 Å². The number of nitrogens with one attached hydrogen (secondary N) is 1. The van der Waals surface area contributed by atoms with Crippen LogP contribution < -0.4 is 22.0 Å². The smallest absolute Gasteiger partial charge is 0.382 e. The number of amidine groups is 1. The maximum Gasteiger partial charge on any atom is 0.416 e. The summed E-state index contributed by atoms with van der Waals surface area (Å²) in [7, 11) is 0.